The van der Waals surface area contributed by atoms with Crippen LogP contribution in [0.15, 0.2) is 60.7 Å². The number of carbonyl (C=O) groups excluding carboxylic acids is 2. The van der Waals surface area contributed by atoms with E-state index in [0.29, 0.717) is 56.3 Å². The predicted molar refractivity (Wildman–Crippen MR) is 177 cm³/mol. The molecule has 3 aliphatic rings. The van der Waals surface area contributed by atoms with E-state index >= 15 is 0 Å². The zero-order valence-corrected chi connectivity index (χ0v) is 26.9. The topological polar surface area (TPSA) is 135 Å². The number of benzene rings is 3. The fourth-order valence-corrected chi connectivity index (χ4v) is 7.20. The molecule has 0 spiro atoms. The van der Waals surface area contributed by atoms with Crippen LogP contribution < -0.4 is 29.7 Å². The van der Waals surface area contributed by atoms with E-state index in [0.717, 1.165) is 40.9 Å². The number of amides is 2. The standard InChI is InChI=1S/C36H42N4O7/c1-3-4-13-39(26-10-7-8-23(15-26)19-37)33(42)21-38-20-27(25-16-30(45-2)35-31(17-25)46-22-47-35)34(36(43)44)29(38)12-14-40-28-11-6-5-9-24(28)18-32(40)41/h5-11,15-17,27,29,34H,3-4,12-14,18-22,37H2,1-2H3,(H,43,44)/t27-,29+,34-/m1/s1. The average molecular weight is 643 g/mol. The number of hydrogen-bond acceptors (Lipinski definition) is 8. The number of carboxylic acids is 1. The summed E-state index contributed by atoms with van der Waals surface area (Å²) in [4.78, 5) is 45.9. The molecule has 0 saturated carbocycles. The van der Waals surface area contributed by atoms with Crippen molar-refractivity contribution in [2.45, 2.75) is 51.1 Å². The van der Waals surface area contributed by atoms with E-state index in [2.05, 4.69) is 6.92 Å². The molecule has 3 N–H and O–H groups in total. The average Bonchev–Trinajstić information content (AvgIpc) is 3.78. The summed E-state index contributed by atoms with van der Waals surface area (Å²) >= 11 is 0. The minimum atomic E-state index is -0.960. The molecule has 11 heteroatoms. The maximum atomic E-state index is 14.2. The van der Waals surface area contributed by atoms with E-state index < -0.39 is 23.8 Å². The molecule has 3 atom stereocenters. The number of carbonyl (C=O) groups is 3. The summed E-state index contributed by atoms with van der Waals surface area (Å²) in [6.07, 6.45) is 2.42. The Hall–Kier alpha value is -4.61. The van der Waals surface area contributed by atoms with Crippen LogP contribution in [0.2, 0.25) is 0 Å². The Bertz CT molecular complexity index is 1650. The molecule has 3 heterocycles. The maximum absolute atomic E-state index is 14.2. The van der Waals surface area contributed by atoms with Gasteiger partial charge in [0, 0.05) is 49.5 Å². The van der Waals surface area contributed by atoms with E-state index in [1.165, 1.54) is 7.11 Å². The number of methoxy groups -OCH3 is 1. The molecule has 11 nitrogen and oxygen atoms in total. The number of nitrogens with zero attached hydrogens (tertiary/aromatic N) is 3. The molecule has 1 fully saturated rings. The molecular weight excluding hydrogens is 600 g/mol. The number of nitrogens with two attached hydrogens (primary N) is 1. The zero-order chi connectivity index (χ0) is 33.1. The normalized spacial score (nSPS) is 20.0. The van der Waals surface area contributed by atoms with Crippen LogP contribution in [0.25, 0.3) is 0 Å². The molecule has 0 aliphatic carbocycles. The number of aliphatic carboxylic acids is 1. The van der Waals surface area contributed by atoms with Crippen molar-refractivity contribution in [2.75, 3.05) is 49.9 Å². The third-order valence-corrected chi connectivity index (χ3v) is 9.55. The number of fused-ring (bicyclic) bond motifs is 2. The lowest BCUT2D eigenvalue weighted by molar-refractivity contribution is -0.143. The second kappa shape index (κ2) is 14.0. The van der Waals surface area contributed by atoms with Gasteiger partial charge in [0.2, 0.25) is 24.4 Å². The lowest BCUT2D eigenvalue weighted by Crippen LogP contribution is -2.46. The van der Waals surface area contributed by atoms with Crippen molar-refractivity contribution in [1.29, 1.82) is 0 Å². The number of rotatable bonds is 13. The molecule has 3 aromatic carbocycles. The van der Waals surface area contributed by atoms with Crippen LogP contribution in [0.5, 0.6) is 17.2 Å². The monoisotopic (exact) mass is 642 g/mol. The van der Waals surface area contributed by atoms with Crippen molar-refractivity contribution in [3.05, 3.63) is 77.4 Å². The molecule has 0 unspecified atom stereocenters. The summed E-state index contributed by atoms with van der Waals surface area (Å²) in [6, 6.07) is 18.5. The van der Waals surface area contributed by atoms with Gasteiger partial charge in [-0.1, -0.05) is 43.7 Å². The van der Waals surface area contributed by atoms with E-state index in [4.69, 9.17) is 19.9 Å². The molecule has 2 amide bonds. The summed E-state index contributed by atoms with van der Waals surface area (Å²) in [5.41, 5.74) is 10.2. The Morgan fingerprint density at radius 2 is 1.94 bits per heavy atom. The van der Waals surface area contributed by atoms with E-state index in [1.54, 1.807) is 9.80 Å². The Morgan fingerprint density at radius 3 is 2.70 bits per heavy atom. The number of likely N-dealkylation sites (tertiary alicyclic amines) is 1. The number of anilines is 2. The SMILES string of the molecule is CCCCN(C(=O)CN1C[C@H](c2cc(OC)c3c(c2)OCO3)[C@@H](C(=O)O)[C@@H]1CCN1C(=O)Cc2ccccc21)c1cccc(CN)c1. The van der Waals surface area contributed by atoms with Crippen molar-refractivity contribution < 1.29 is 33.7 Å². The second-order valence-electron chi connectivity index (χ2n) is 12.3. The molecule has 0 bridgehead atoms. The smallest absolute Gasteiger partial charge is 0.308 e. The van der Waals surface area contributed by atoms with Gasteiger partial charge in [-0.05, 0) is 59.9 Å². The Kier molecular flexibility index (Phi) is 9.65. The third kappa shape index (κ3) is 6.50. The summed E-state index contributed by atoms with van der Waals surface area (Å²) < 4.78 is 16.9. The number of unbranched alkanes of at least 4 members (excludes halogenated alkanes) is 1. The van der Waals surface area contributed by atoms with Crippen molar-refractivity contribution in [2.24, 2.45) is 11.7 Å². The lowest BCUT2D eigenvalue weighted by Gasteiger charge is -2.31. The summed E-state index contributed by atoms with van der Waals surface area (Å²) in [6.45, 7) is 3.71. The molecular formula is C36H42N4O7. The van der Waals surface area contributed by atoms with Crippen molar-refractivity contribution >= 4 is 29.2 Å². The first-order chi connectivity index (χ1) is 22.8. The van der Waals surface area contributed by atoms with Gasteiger partial charge in [-0.2, -0.15) is 0 Å². The summed E-state index contributed by atoms with van der Waals surface area (Å²) in [5.74, 6) is -0.963. The van der Waals surface area contributed by atoms with Gasteiger partial charge in [-0.25, -0.2) is 0 Å². The number of para-hydroxylation sites is 1. The van der Waals surface area contributed by atoms with Gasteiger partial charge in [-0.3, -0.25) is 19.3 Å². The van der Waals surface area contributed by atoms with Crippen LogP contribution in [0.4, 0.5) is 11.4 Å². The van der Waals surface area contributed by atoms with Crippen LogP contribution in [-0.2, 0) is 27.3 Å². The van der Waals surface area contributed by atoms with Gasteiger partial charge in [-0.15, -0.1) is 0 Å². The molecule has 1 saturated heterocycles. The first-order valence-electron chi connectivity index (χ1n) is 16.2. The van der Waals surface area contributed by atoms with Gasteiger partial charge in [0.05, 0.1) is 26.0 Å². The van der Waals surface area contributed by atoms with E-state index in [-0.39, 0.29) is 25.2 Å². The summed E-state index contributed by atoms with van der Waals surface area (Å²) in [7, 11) is 1.54. The van der Waals surface area contributed by atoms with Crippen LogP contribution in [-0.4, -0.2) is 73.9 Å². The molecule has 3 aromatic rings. The number of carboxylic acid groups (broad SMARTS) is 1. The van der Waals surface area contributed by atoms with Crippen molar-refractivity contribution in [3.8, 4) is 17.2 Å². The van der Waals surface area contributed by atoms with Crippen LogP contribution >= 0.6 is 0 Å². The Labute approximate surface area is 274 Å². The molecule has 0 radical (unpaired) electrons. The maximum Gasteiger partial charge on any atom is 0.308 e. The zero-order valence-electron chi connectivity index (χ0n) is 26.9. The first-order valence-corrected chi connectivity index (χ1v) is 16.2. The van der Waals surface area contributed by atoms with Gasteiger partial charge in [0.15, 0.2) is 11.5 Å². The van der Waals surface area contributed by atoms with Gasteiger partial charge in [0.25, 0.3) is 0 Å². The fraction of sp³-hybridized carbons (Fsp3) is 0.417. The van der Waals surface area contributed by atoms with Crippen LogP contribution in [0.3, 0.4) is 0 Å². The highest BCUT2D eigenvalue weighted by atomic mass is 16.7. The van der Waals surface area contributed by atoms with Gasteiger partial charge < -0.3 is 34.9 Å². The molecule has 3 aliphatic heterocycles. The van der Waals surface area contributed by atoms with Gasteiger partial charge in [0.1, 0.15) is 0 Å². The molecule has 248 valence electrons. The Morgan fingerprint density at radius 1 is 1.11 bits per heavy atom. The molecule has 47 heavy (non-hydrogen) atoms. The lowest BCUT2D eigenvalue weighted by atomic mass is 9.84. The Balaban J connectivity index is 1.33. The van der Waals surface area contributed by atoms with Crippen LogP contribution in [0.1, 0.15) is 48.8 Å². The van der Waals surface area contributed by atoms with Crippen LogP contribution in [0, 0.1) is 5.92 Å². The minimum Gasteiger partial charge on any atom is -0.493 e. The summed E-state index contributed by atoms with van der Waals surface area (Å²) in [5, 5.41) is 10.7. The second-order valence-corrected chi connectivity index (χ2v) is 12.3. The highest BCUT2D eigenvalue weighted by Gasteiger charge is 2.48. The van der Waals surface area contributed by atoms with E-state index in [1.807, 2.05) is 65.6 Å². The number of ether oxygens (including phenoxy) is 3. The molecule has 0 aromatic heterocycles. The highest BCUT2D eigenvalue weighted by molar-refractivity contribution is 6.01. The van der Waals surface area contributed by atoms with Crippen molar-refractivity contribution in [3.63, 3.8) is 0 Å². The predicted octanol–water partition coefficient (Wildman–Crippen LogP) is 4.16. The highest BCUT2D eigenvalue weighted by Crippen LogP contribution is 2.47. The first kappa shape index (κ1) is 32.3. The third-order valence-electron chi connectivity index (χ3n) is 9.55. The van der Waals surface area contributed by atoms with E-state index in [9.17, 15) is 19.5 Å². The molecule has 6 rings (SSSR count). The number of hydrogen-bond donors (Lipinski definition) is 2. The quantitative estimate of drug-likeness (QED) is 0.282. The fourth-order valence-electron chi connectivity index (χ4n) is 7.20. The van der Waals surface area contributed by atoms with Crippen molar-refractivity contribution in [1.82, 2.24) is 4.90 Å². The van der Waals surface area contributed by atoms with Gasteiger partial charge >= 0.3 is 5.97 Å². The largest absolute Gasteiger partial charge is 0.493 e. The minimum absolute atomic E-state index is 0.0127.